The van der Waals surface area contributed by atoms with Crippen LogP contribution in [0.2, 0.25) is 0 Å². The monoisotopic (exact) mass is 416 g/mol. The molecule has 2 fully saturated rings. The lowest BCUT2D eigenvalue weighted by Gasteiger charge is -2.47. The second kappa shape index (κ2) is 8.70. The predicted molar refractivity (Wildman–Crippen MR) is 109 cm³/mol. The van der Waals surface area contributed by atoms with Crippen LogP contribution >= 0.6 is 0 Å². The van der Waals surface area contributed by atoms with Gasteiger partial charge in [-0.2, -0.15) is 0 Å². The molecule has 2 aromatic rings. The van der Waals surface area contributed by atoms with Gasteiger partial charge in [0.25, 0.3) is 0 Å². The lowest BCUT2D eigenvalue weighted by molar-refractivity contribution is -0.0894. The Morgan fingerprint density at radius 3 is 2.87 bits per heavy atom. The average molecular weight is 416 g/mol. The summed E-state index contributed by atoms with van der Waals surface area (Å²) in [6.07, 6.45) is 1.75. The van der Waals surface area contributed by atoms with Crippen molar-refractivity contribution in [2.75, 3.05) is 31.6 Å². The van der Waals surface area contributed by atoms with Crippen molar-refractivity contribution >= 4 is 11.7 Å². The van der Waals surface area contributed by atoms with Crippen molar-refractivity contribution in [2.45, 2.75) is 32.0 Å². The van der Waals surface area contributed by atoms with Crippen molar-refractivity contribution in [1.29, 1.82) is 0 Å². The number of rotatable bonds is 6. The fraction of sp³-hybridized carbons (Fsp3) is 0.435. The van der Waals surface area contributed by atoms with Crippen molar-refractivity contribution in [3.63, 3.8) is 0 Å². The molecule has 2 aliphatic heterocycles. The summed E-state index contributed by atoms with van der Waals surface area (Å²) in [6, 6.07) is 10.8. The van der Waals surface area contributed by atoms with E-state index in [1.807, 2.05) is 6.07 Å². The maximum atomic E-state index is 13.6. The first kappa shape index (κ1) is 20.8. The molecular weight excluding hydrogens is 390 g/mol. The van der Waals surface area contributed by atoms with Gasteiger partial charge in [-0.1, -0.05) is 18.2 Å². The van der Waals surface area contributed by atoms with Crippen LogP contribution in [0.15, 0.2) is 42.5 Å². The minimum Gasteiger partial charge on any atom is -0.377 e. The Bertz CT molecular complexity index is 915. The molecule has 1 unspecified atom stereocenters. The molecule has 7 heteroatoms. The highest BCUT2D eigenvalue weighted by molar-refractivity contribution is 5.90. The van der Waals surface area contributed by atoms with E-state index in [1.165, 1.54) is 18.2 Å². The fourth-order valence-corrected chi connectivity index (χ4v) is 4.14. The number of likely N-dealkylation sites (tertiary alicyclic amines) is 1. The molecule has 0 radical (unpaired) electrons. The number of carbonyl (C=O) groups is 1. The van der Waals surface area contributed by atoms with Gasteiger partial charge in [-0.15, -0.1) is 0 Å². The van der Waals surface area contributed by atoms with E-state index in [4.69, 9.17) is 9.47 Å². The molecule has 30 heavy (non-hydrogen) atoms. The summed E-state index contributed by atoms with van der Waals surface area (Å²) in [5, 5.41) is 2.78. The Hall–Kier alpha value is -2.51. The Labute approximate surface area is 175 Å². The van der Waals surface area contributed by atoms with Crippen LogP contribution in [0.25, 0.3) is 0 Å². The van der Waals surface area contributed by atoms with Crippen LogP contribution in [0.4, 0.5) is 19.3 Å². The topological polar surface area (TPSA) is 50.8 Å². The molecule has 2 heterocycles. The number of nitrogens with zero attached hydrogens (tertiary/aromatic N) is 1. The Kier molecular flexibility index (Phi) is 6.01. The van der Waals surface area contributed by atoms with Crippen LogP contribution in [0.1, 0.15) is 24.0 Å². The zero-order chi connectivity index (χ0) is 21.1. The normalized spacial score (nSPS) is 19.7. The van der Waals surface area contributed by atoms with Crippen LogP contribution in [0.5, 0.6) is 0 Å². The van der Waals surface area contributed by atoms with Crippen molar-refractivity contribution < 1.29 is 23.0 Å². The third kappa shape index (κ3) is 4.63. The minimum atomic E-state index is -0.338. The van der Waals surface area contributed by atoms with Crippen LogP contribution in [0, 0.1) is 24.5 Å². The van der Waals surface area contributed by atoms with E-state index < -0.39 is 0 Å². The molecule has 0 bridgehead atoms. The number of halogens is 2. The highest BCUT2D eigenvalue weighted by Gasteiger charge is 2.51. The number of hydrogen-bond donors (Lipinski definition) is 1. The number of urea groups is 1. The summed E-state index contributed by atoms with van der Waals surface area (Å²) in [4.78, 5) is 14.1. The summed E-state index contributed by atoms with van der Waals surface area (Å²) in [7, 11) is 0. The number of anilines is 1. The smallest absolute Gasteiger partial charge is 0.322 e. The van der Waals surface area contributed by atoms with Crippen molar-refractivity contribution in [3.05, 3.63) is 65.2 Å². The van der Waals surface area contributed by atoms with Gasteiger partial charge in [0.15, 0.2) is 0 Å². The molecule has 1 N–H and O–H groups in total. The number of ether oxygens (including phenoxy) is 2. The predicted octanol–water partition coefficient (Wildman–Crippen LogP) is 4.50. The molecule has 0 aromatic heterocycles. The molecule has 2 aromatic carbocycles. The number of hydrogen-bond acceptors (Lipinski definition) is 3. The van der Waals surface area contributed by atoms with Gasteiger partial charge in [0.1, 0.15) is 17.2 Å². The summed E-state index contributed by atoms with van der Waals surface area (Å²) in [6.45, 7) is 4.35. The van der Waals surface area contributed by atoms with Crippen molar-refractivity contribution in [1.82, 2.24) is 4.90 Å². The SMILES string of the molecule is Cc1c(F)cccc1NC(=O)N1CC2(CC(CCOCc3cccc(F)c3)CO2)C1. The molecule has 2 aliphatic rings. The summed E-state index contributed by atoms with van der Waals surface area (Å²) in [5.41, 5.74) is 1.46. The number of amides is 2. The zero-order valence-corrected chi connectivity index (χ0v) is 17.0. The summed E-state index contributed by atoms with van der Waals surface area (Å²) >= 11 is 0. The molecule has 2 saturated heterocycles. The molecular formula is C23H26F2N2O3. The molecule has 1 spiro atoms. The Balaban J connectivity index is 1.18. The van der Waals surface area contributed by atoms with Crippen LogP contribution < -0.4 is 5.32 Å². The van der Waals surface area contributed by atoms with Gasteiger partial charge in [-0.05, 0) is 55.5 Å². The number of nitrogens with one attached hydrogen (secondary N) is 1. The van der Waals surface area contributed by atoms with Gasteiger partial charge in [0, 0.05) is 17.9 Å². The first-order valence-corrected chi connectivity index (χ1v) is 10.2. The van der Waals surface area contributed by atoms with Gasteiger partial charge >= 0.3 is 6.03 Å². The second-order valence-corrected chi connectivity index (χ2v) is 8.23. The molecule has 0 saturated carbocycles. The van der Waals surface area contributed by atoms with Gasteiger partial charge in [-0.3, -0.25) is 0 Å². The summed E-state index contributed by atoms with van der Waals surface area (Å²) < 4.78 is 38.5. The van der Waals surface area contributed by atoms with E-state index in [1.54, 1.807) is 30.0 Å². The maximum Gasteiger partial charge on any atom is 0.322 e. The highest BCUT2D eigenvalue weighted by atomic mass is 19.1. The first-order valence-electron chi connectivity index (χ1n) is 10.2. The van der Waals surface area contributed by atoms with E-state index in [2.05, 4.69) is 5.32 Å². The van der Waals surface area contributed by atoms with Crippen molar-refractivity contribution in [2.24, 2.45) is 5.92 Å². The minimum absolute atomic E-state index is 0.236. The summed E-state index contributed by atoms with van der Waals surface area (Å²) in [5.74, 6) is -0.212. The van der Waals surface area contributed by atoms with Gasteiger partial charge in [0.2, 0.25) is 0 Å². The van der Waals surface area contributed by atoms with Gasteiger partial charge in [-0.25, -0.2) is 13.6 Å². The van der Waals surface area contributed by atoms with E-state index in [0.29, 0.717) is 50.1 Å². The molecule has 4 rings (SSSR count). The fourth-order valence-electron chi connectivity index (χ4n) is 4.14. The third-order valence-electron chi connectivity index (χ3n) is 5.87. The van der Waals surface area contributed by atoms with Crippen LogP contribution in [0.3, 0.4) is 0 Å². The number of benzene rings is 2. The van der Waals surface area contributed by atoms with E-state index in [0.717, 1.165) is 18.4 Å². The first-order chi connectivity index (χ1) is 14.4. The lowest BCUT2D eigenvalue weighted by atomic mass is 9.86. The van der Waals surface area contributed by atoms with Crippen LogP contribution in [-0.2, 0) is 16.1 Å². The Morgan fingerprint density at radius 1 is 1.27 bits per heavy atom. The van der Waals surface area contributed by atoms with E-state index in [-0.39, 0.29) is 23.3 Å². The Morgan fingerprint density at radius 2 is 2.07 bits per heavy atom. The van der Waals surface area contributed by atoms with E-state index >= 15 is 0 Å². The molecule has 5 nitrogen and oxygen atoms in total. The van der Waals surface area contributed by atoms with Gasteiger partial charge in [0.05, 0.1) is 26.3 Å². The molecule has 160 valence electrons. The second-order valence-electron chi connectivity index (χ2n) is 8.23. The van der Waals surface area contributed by atoms with Gasteiger partial charge < -0.3 is 19.7 Å². The molecule has 0 aliphatic carbocycles. The van der Waals surface area contributed by atoms with Crippen LogP contribution in [-0.4, -0.2) is 42.8 Å². The number of carbonyl (C=O) groups excluding carboxylic acids is 1. The lowest BCUT2D eigenvalue weighted by Crippen LogP contribution is -2.64. The highest BCUT2D eigenvalue weighted by Crippen LogP contribution is 2.39. The largest absolute Gasteiger partial charge is 0.377 e. The van der Waals surface area contributed by atoms with E-state index in [9.17, 15) is 13.6 Å². The zero-order valence-electron chi connectivity index (χ0n) is 17.0. The quantitative estimate of drug-likeness (QED) is 0.706. The standard InChI is InChI=1S/C23H26F2N2O3/c1-16-20(25)6-3-7-21(16)26-22(28)27-14-23(15-27)11-18(13-30-23)8-9-29-12-17-4-2-5-19(24)10-17/h2-7,10,18H,8-9,11-15H2,1H3,(H,26,28). The third-order valence-corrected chi connectivity index (χ3v) is 5.87. The average Bonchev–Trinajstić information content (AvgIpc) is 3.12. The molecule has 1 atom stereocenters. The molecule has 2 amide bonds. The van der Waals surface area contributed by atoms with Crippen molar-refractivity contribution in [3.8, 4) is 0 Å². The maximum absolute atomic E-state index is 13.6.